The summed E-state index contributed by atoms with van der Waals surface area (Å²) in [4.78, 5) is 7.84. The minimum atomic E-state index is -0.311. The monoisotopic (exact) mass is 228 g/mol. The summed E-state index contributed by atoms with van der Waals surface area (Å²) in [7, 11) is 0. The van der Waals surface area contributed by atoms with Gasteiger partial charge in [-0.05, 0) is 30.7 Å². The molecule has 0 atom stereocenters. The van der Waals surface area contributed by atoms with E-state index in [0.717, 1.165) is 5.56 Å². The third kappa shape index (κ3) is 2.75. The molecule has 0 saturated carbocycles. The van der Waals surface area contributed by atoms with Crippen LogP contribution in [-0.4, -0.2) is 9.97 Å². The van der Waals surface area contributed by atoms with Crippen LogP contribution in [-0.2, 0) is 0 Å². The van der Waals surface area contributed by atoms with Crippen molar-refractivity contribution < 1.29 is 4.39 Å². The molecular formula is C12H9FN4. The summed E-state index contributed by atoms with van der Waals surface area (Å²) in [6, 6.07) is 6.48. The number of hydrogen-bond donors (Lipinski definition) is 1. The lowest BCUT2D eigenvalue weighted by atomic mass is 10.2. The van der Waals surface area contributed by atoms with Gasteiger partial charge < -0.3 is 5.32 Å². The zero-order valence-corrected chi connectivity index (χ0v) is 9.11. The lowest BCUT2D eigenvalue weighted by Crippen LogP contribution is -1.96. The maximum absolute atomic E-state index is 13.1. The maximum Gasteiger partial charge on any atom is 0.158 e. The first-order valence-corrected chi connectivity index (χ1v) is 4.94. The number of hydrogen-bond acceptors (Lipinski definition) is 4. The van der Waals surface area contributed by atoms with Crippen LogP contribution >= 0.6 is 0 Å². The number of aromatic nitrogens is 2. The first kappa shape index (κ1) is 11.0. The fraction of sp³-hybridized carbons (Fsp3) is 0.0833. The van der Waals surface area contributed by atoms with Gasteiger partial charge in [-0.15, -0.1) is 0 Å². The van der Waals surface area contributed by atoms with Crippen molar-refractivity contribution in [2.24, 2.45) is 0 Å². The fourth-order valence-corrected chi connectivity index (χ4v) is 1.41. The predicted octanol–water partition coefficient (Wildman–Crippen LogP) is 2.54. The number of anilines is 2. The summed E-state index contributed by atoms with van der Waals surface area (Å²) in [6.45, 7) is 1.80. The molecule has 0 aliphatic rings. The average Bonchev–Trinajstić information content (AvgIpc) is 2.28. The van der Waals surface area contributed by atoms with Crippen LogP contribution < -0.4 is 5.32 Å². The molecule has 2 aromatic rings. The Hall–Kier alpha value is -2.48. The molecule has 0 amide bonds. The van der Waals surface area contributed by atoms with Crippen LogP contribution in [0.3, 0.4) is 0 Å². The van der Waals surface area contributed by atoms with E-state index in [1.54, 1.807) is 13.0 Å². The number of nitrogens with zero attached hydrogens (tertiary/aromatic N) is 3. The Morgan fingerprint density at radius 3 is 2.65 bits per heavy atom. The van der Waals surface area contributed by atoms with Crippen LogP contribution in [0.4, 0.5) is 15.9 Å². The molecule has 0 radical (unpaired) electrons. The lowest BCUT2D eigenvalue weighted by molar-refractivity contribution is 0.627. The van der Waals surface area contributed by atoms with Gasteiger partial charge in [0.2, 0.25) is 0 Å². The quantitative estimate of drug-likeness (QED) is 0.857. The van der Waals surface area contributed by atoms with Crippen molar-refractivity contribution >= 4 is 11.5 Å². The van der Waals surface area contributed by atoms with Crippen molar-refractivity contribution in [1.82, 2.24) is 9.97 Å². The van der Waals surface area contributed by atoms with Crippen LogP contribution in [0.1, 0.15) is 11.3 Å². The van der Waals surface area contributed by atoms with E-state index in [0.29, 0.717) is 11.5 Å². The molecule has 0 aliphatic heterocycles. The second-order valence-electron chi connectivity index (χ2n) is 3.54. The summed E-state index contributed by atoms with van der Waals surface area (Å²) >= 11 is 0. The van der Waals surface area contributed by atoms with Gasteiger partial charge in [-0.3, -0.25) is 0 Å². The molecule has 0 unspecified atom stereocenters. The topological polar surface area (TPSA) is 61.6 Å². The highest BCUT2D eigenvalue weighted by Crippen LogP contribution is 2.17. The summed E-state index contributed by atoms with van der Waals surface area (Å²) < 4.78 is 13.1. The van der Waals surface area contributed by atoms with E-state index in [-0.39, 0.29) is 11.5 Å². The molecule has 0 saturated heterocycles. The molecule has 1 aromatic heterocycles. The van der Waals surface area contributed by atoms with E-state index in [9.17, 15) is 4.39 Å². The van der Waals surface area contributed by atoms with Gasteiger partial charge in [0.15, 0.2) is 5.69 Å². The summed E-state index contributed by atoms with van der Waals surface area (Å²) in [5.41, 5.74) is 1.65. The fourth-order valence-electron chi connectivity index (χ4n) is 1.41. The lowest BCUT2D eigenvalue weighted by Gasteiger charge is -2.06. The third-order valence-electron chi connectivity index (χ3n) is 2.08. The number of nitrogens with one attached hydrogen (secondary N) is 1. The average molecular weight is 228 g/mol. The number of aryl methyl sites for hydroxylation is 1. The van der Waals surface area contributed by atoms with E-state index in [4.69, 9.17) is 5.26 Å². The second kappa shape index (κ2) is 4.58. The Bertz CT molecular complexity index is 552. The molecule has 5 heteroatoms. The highest BCUT2D eigenvalue weighted by atomic mass is 19.1. The molecule has 0 aliphatic carbocycles. The number of benzene rings is 1. The van der Waals surface area contributed by atoms with E-state index in [1.165, 1.54) is 24.5 Å². The highest BCUT2D eigenvalue weighted by Gasteiger charge is 2.00. The molecule has 1 N–H and O–H groups in total. The van der Waals surface area contributed by atoms with Crippen molar-refractivity contribution in [3.8, 4) is 6.07 Å². The largest absolute Gasteiger partial charge is 0.339 e. The smallest absolute Gasteiger partial charge is 0.158 e. The Balaban J connectivity index is 2.22. The van der Waals surface area contributed by atoms with Gasteiger partial charge in [-0.25, -0.2) is 14.4 Å². The maximum atomic E-state index is 13.1. The van der Waals surface area contributed by atoms with Gasteiger partial charge in [-0.1, -0.05) is 0 Å². The van der Waals surface area contributed by atoms with Crippen LogP contribution in [0.2, 0.25) is 0 Å². The normalized spacial score (nSPS) is 9.71. The first-order valence-electron chi connectivity index (χ1n) is 4.94. The van der Waals surface area contributed by atoms with E-state index in [1.807, 2.05) is 6.07 Å². The number of halogens is 1. The SMILES string of the molecule is Cc1cc(F)cc(Nc2cnc(C#N)cn2)c1. The Kier molecular flexibility index (Phi) is 2.97. The molecule has 0 spiro atoms. The molecule has 1 aromatic carbocycles. The third-order valence-corrected chi connectivity index (χ3v) is 2.08. The van der Waals surface area contributed by atoms with Gasteiger partial charge in [0.05, 0.1) is 12.4 Å². The first-order chi connectivity index (χ1) is 8.17. The Labute approximate surface area is 97.8 Å². The van der Waals surface area contributed by atoms with Crippen LogP contribution in [0.25, 0.3) is 0 Å². The molecular weight excluding hydrogens is 219 g/mol. The molecule has 17 heavy (non-hydrogen) atoms. The predicted molar refractivity (Wildman–Crippen MR) is 61.2 cm³/mol. The van der Waals surface area contributed by atoms with Crippen LogP contribution in [0, 0.1) is 24.1 Å². The van der Waals surface area contributed by atoms with Crippen LogP contribution in [0.15, 0.2) is 30.6 Å². The zero-order chi connectivity index (χ0) is 12.3. The van der Waals surface area contributed by atoms with Crippen molar-refractivity contribution in [1.29, 1.82) is 5.26 Å². The molecule has 0 bridgehead atoms. The Morgan fingerprint density at radius 2 is 2.06 bits per heavy atom. The van der Waals surface area contributed by atoms with Gasteiger partial charge in [0.25, 0.3) is 0 Å². The molecule has 84 valence electrons. The van der Waals surface area contributed by atoms with Crippen molar-refractivity contribution in [3.63, 3.8) is 0 Å². The summed E-state index contributed by atoms with van der Waals surface area (Å²) in [5, 5.41) is 11.5. The molecule has 0 fully saturated rings. The molecule has 4 nitrogen and oxygen atoms in total. The van der Waals surface area contributed by atoms with Gasteiger partial charge >= 0.3 is 0 Å². The van der Waals surface area contributed by atoms with Crippen molar-refractivity contribution in [2.45, 2.75) is 6.92 Å². The van der Waals surface area contributed by atoms with E-state index >= 15 is 0 Å². The second-order valence-corrected chi connectivity index (χ2v) is 3.54. The van der Waals surface area contributed by atoms with Crippen LogP contribution in [0.5, 0.6) is 0 Å². The number of rotatable bonds is 2. The highest BCUT2D eigenvalue weighted by molar-refractivity contribution is 5.56. The summed E-state index contributed by atoms with van der Waals surface area (Å²) in [5.74, 6) is 0.156. The number of nitriles is 1. The minimum Gasteiger partial charge on any atom is -0.339 e. The van der Waals surface area contributed by atoms with Crippen molar-refractivity contribution in [2.75, 3.05) is 5.32 Å². The standard InChI is InChI=1S/C12H9FN4/c1-8-2-9(13)4-10(3-8)17-12-7-15-11(5-14)6-16-12/h2-4,6-7H,1H3,(H,16,17). The Morgan fingerprint density at radius 1 is 1.24 bits per heavy atom. The van der Waals surface area contributed by atoms with Gasteiger partial charge in [-0.2, -0.15) is 5.26 Å². The zero-order valence-electron chi connectivity index (χ0n) is 9.11. The minimum absolute atomic E-state index is 0.242. The molecule has 1 heterocycles. The van der Waals surface area contributed by atoms with Gasteiger partial charge in [0, 0.05) is 5.69 Å². The van der Waals surface area contributed by atoms with Crippen molar-refractivity contribution in [3.05, 3.63) is 47.7 Å². The van der Waals surface area contributed by atoms with E-state index in [2.05, 4.69) is 15.3 Å². The summed E-state index contributed by atoms with van der Waals surface area (Å²) in [6.07, 6.45) is 2.78. The van der Waals surface area contributed by atoms with E-state index < -0.39 is 0 Å². The van der Waals surface area contributed by atoms with Gasteiger partial charge in [0.1, 0.15) is 17.7 Å². The molecule has 2 rings (SSSR count).